The molecule has 1 atom stereocenters. The summed E-state index contributed by atoms with van der Waals surface area (Å²) < 4.78 is 7.35. The third-order valence-corrected chi connectivity index (χ3v) is 3.60. The van der Waals surface area contributed by atoms with Crippen molar-refractivity contribution < 1.29 is 9.53 Å². The number of anilines is 1. The molecule has 0 aromatic carbocycles. The second-order valence-corrected chi connectivity index (χ2v) is 6.73. The fourth-order valence-corrected chi connectivity index (χ4v) is 2.64. The minimum Gasteiger partial charge on any atom is -0.444 e. The lowest BCUT2D eigenvalue weighted by atomic mass is 10.2. The summed E-state index contributed by atoms with van der Waals surface area (Å²) in [6, 6.07) is 5.77. The van der Waals surface area contributed by atoms with Crippen LogP contribution in [-0.4, -0.2) is 31.4 Å². The maximum Gasteiger partial charge on any atom is 0.413 e. The summed E-state index contributed by atoms with van der Waals surface area (Å²) in [6.07, 6.45) is 1.47. The average molecular weight is 315 g/mol. The third kappa shape index (κ3) is 3.33. The van der Waals surface area contributed by atoms with Gasteiger partial charge in [-0.2, -0.15) is 0 Å². The number of aryl methyl sites for hydroxylation is 1. The first-order chi connectivity index (χ1) is 10.8. The number of fused-ring (bicyclic) bond motifs is 1. The van der Waals surface area contributed by atoms with Crippen molar-refractivity contribution in [3.63, 3.8) is 0 Å². The number of ether oxygens (including phenoxy) is 1. The molecule has 1 unspecified atom stereocenters. The molecule has 3 rings (SSSR count). The third-order valence-electron chi connectivity index (χ3n) is 3.60. The Kier molecular flexibility index (Phi) is 3.79. The number of amides is 1. The van der Waals surface area contributed by atoms with E-state index in [0.717, 1.165) is 24.5 Å². The molecule has 1 aliphatic heterocycles. The molecular formula is C16H21N5O2. The molecule has 1 N–H and O–H groups in total. The lowest BCUT2D eigenvalue weighted by Gasteiger charge is -2.19. The Balaban J connectivity index is 1.83. The predicted molar refractivity (Wildman–Crippen MR) is 86.1 cm³/mol. The molecule has 7 heteroatoms. The number of nitrogens with one attached hydrogen (secondary N) is 1. The molecule has 1 amide bonds. The van der Waals surface area contributed by atoms with Crippen molar-refractivity contribution in [1.29, 1.82) is 0 Å². The van der Waals surface area contributed by atoms with Gasteiger partial charge in [-0.3, -0.25) is 5.32 Å². The van der Waals surface area contributed by atoms with Crippen molar-refractivity contribution in [1.82, 2.24) is 19.7 Å². The van der Waals surface area contributed by atoms with E-state index >= 15 is 0 Å². The van der Waals surface area contributed by atoms with Crippen LogP contribution in [0, 0.1) is 0 Å². The van der Waals surface area contributed by atoms with E-state index in [-0.39, 0.29) is 0 Å². The number of hydrogen-bond acceptors (Lipinski definition) is 5. The summed E-state index contributed by atoms with van der Waals surface area (Å²) in [6.45, 7) is 7.60. The minimum absolute atomic E-state index is 0.360. The van der Waals surface area contributed by atoms with E-state index < -0.39 is 11.7 Å². The first-order valence-electron chi connectivity index (χ1n) is 7.75. The first-order valence-corrected chi connectivity index (χ1v) is 7.75. The van der Waals surface area contributed by atoms with E-state index in [9.17, 15) is 4.79 Å². The van der Waals surface area contributed by atoms with Gasteiger partial charge in [-0.25, -0.2) is 9.78 Å². The van der Waals surface area contributed by atoms with Crippen LogP contribution in [0.25, 0.3) is 11.5 Å². The predicted octanol–water partition coefficient (Wildman–Crippen LogP) is 3.19. The smallest absolute Gasteiger partial charge is 0.413 e. The number of aromatic nitrogens is 4. The minimum atomic E-state index is -0.551. The van der Waals surface area contributed by atoms with Crippen molar-refractivity contribution in [2.75, 3.05) is 5.32 Å². The molecule has 0 saturated carbocycles. The van der Waals surface area contributed by atoms with Crippen LogP contribution in [0.1, 0.15) is 46.0 Å². The zero-order chi connectivity index (χ0) is 16.6. The Hall–Kier alpha value is -2.44. The summed E-state index contributed by atoms with van der Waals surface area (Å²) >= 11 is 0. The topological polar surface area (TPSA) is 81.9 Å². The molecule has 0 saturated heterocycles. The molecule has 7 nitrogen and oxygen atoms in total. The highest BCUT2D eigenvalue weighted by Crippen LogP contribution is 2.30. The van der Waals surface area contributed by atoms with Crippen molar-refractivity contribution >= 4 is 11.9 Å². The van der Waals surface area contributed by atoms with E-state index in [1.54, 1.807) is 6.07 Å². The summed E-state index contributed by atoms with van der Waals surface area (Å²) in [5.74, 6) is 2.15. The molecule has 2 aromatic rings. The highest BCUT2D eigenvalue weighted by molar-refractivity contribution is 5.83. The monoisotopic (exact) mass is 315 g/mol. The average Bonchev–Trinajstić information content (AvgIpc) is 3.00. The van der Waals surface area contributed by atoms with Gasteiger partial charge in [0.1, 0.15) is 22.9 Å². The van der Waals surface area contributed by atoms with Crippen molar-refractivity contribution in [2.45, 2.75) is 52.2 Å². The van der Waals surface area contributed by atoms with Crippen LogP contribution in [0.15, 0.2) is 18.2 Å². The number of rotatable bonds is 2. The Labute approximate surface area is 135 Å². The highest BCUT2D eigenvalue weighted by Gasteiger charge is 2.25. The first kappa shape index (κ1) is 15.5. The summed E-state index contributed by atoms with van der Waals surface area (Å²) in [5, 5.41) is 11.1. The van der Waals surface area contributed by atoms with E-state index in [1.807, 2.05) is 32.9 Å². The Morgan fingerprint density at radius 2 is 2.13 bits per heavy atom. The fourth-order valence-electron chi connectivity index (χ4n) is 2.64. The van der Waals surface area contributed by atoms with Crippen LogP contribution in [0.5, 0.6) is 0 Å². The Bertz CT molecular complexity index is 732. The molecular weight excluding hydrogens is 294 g/mol. The molecule has 0 spiro atoms. The number of carbonyl (C=O) groups is 1. The maximum absolute atomic E-state index is 11.9. The van der Waals surface area contributed by atoms with Crippen LogP contribution >= 0.6 is 0 Å². The van der Waals surface area contributed by atoms with Gasteiger partial charge < -0.3 is 9.30 Å². The fraction of sp³-hybridized carbons (Fsp3) is 0.500. The van der Waals surface area contributed by atoms with Gasteiger partial charge in [-0.1, -0.05) is 6.07 Å². The molecule has 0 bridgehead atoms. The SMILES string of the molecule is CC1CCc2nnc(-c3cccc(NC(=O)OC(C)(C)C)n3)n21. The van der Waals surface area contributed by atoms with Crippen LogP contribution in [0.4, 0.5) is 10.6 Å². The van der Waals surface area contributed by atoms with Crippen LogP contribution in [0.2, 0.25) is 0 Å². The molecule has 23 heavy (non-hydrogen) atoms. The Morgan fingerprint density at radius 3 is 2.87 bits per heavy atom. The van der Waals surface area contributed by atoms with Crippen LogP contribution in [-0.2, 0) is 11.2 Å². The Morgan fingerprint density at radius 1 is 1.35 bits per heavy atom. The number of pyridine rings is 1. The zero-order valence-corrected chi connectivity index (χ0v) is 13.8. The van der Waals surface area contributed by atoms with Crippen molar-refractivity contribution in [2.24, 2.45) is 0 Å². The quantitative estimate of drug-likeness (QED) is 0.920. The zero-order valence-electron chi connectivity index (χ0n) is 13.8. The second kappa shape index (κ2) is 5.64. The molecule has 0 fully saturated rings. The molecule has 2 aromatic heterocycles. The van der Waals surface area contributed by atoms with Crippen LogP contribution < -0.4 is 5.32 Å². The van der Waals surface area contributed by atoms with Gasteiger partial charge in [0.05, 0.1) is 0 Å². The van der Waals surface area contributed by atoms with Gasteiger partial charge in [0.2, 0.25) is 0 Å². The van der Waals surface area contributed by atoms with E-state index in [2.05, 4.69) is 32.0 Å². The van der Waals surface area contributed by atoms with E-state index in [1.165, 1.54) is 0 Å². The van der Waals surface area contributed by atoms with Gasteiger partial charge >= 0.3 is 6.09 Å². The van der Waals surface area contributed by atoms with Crippen molar-refractivity contribution in [3.8, 4) is 11.5 Å². The number of hydrogen-bond donors (Lipinski definition) is 1. The summed E-state index contributed by atoms with van der Waals surface area (Å²) in [4.78, 5) is 16.3. The summed E-state index contributed by atoms with van der Waals surface area (Å²) in [5.41, 5.74) is 0.136. The lowest BCUT2D eigenvalue weighted by Crippen LogP contribution is -2.27. The van der Waals surface area contributed by atoms with Crippen LogP contribution in [0.3, 0.4) is 0 Å². The maximum atomic E-state index is 11.9. The molecule has 3 heterocycles. The molecule has 1 aliphatic rings. The molecule has 0 radical (unpaired) electrons. The standard InChI is InChI=1S/C16H21N5O2/c1-10-8-9-13-19-20-14(21(10)13)11-6-5-7-12(17-11)18-15(22)23-16(2,3)4/h5-7,10H,8-9H2,1-4H3,(H,17,18,22). The highest BCUT2D eigenvalue weighted by atomic mass is 16.6. The van der Waals surface area contributed by atoms with Gasteiger partial charge in [0.15, 0.2) is 5.82 Å². The van der Waals surface area contributed by atoms with Gasteiger partial charge in [0, 0.05) is 12.5 Å². The van der Waals surface area contributed by atoms with Gasteiger partial charge in [-0.15, -0.1) is 10.2 Å². The lowest BCUT2D eigenvalue weighted by molar-refractivity contribution is 0.0635. The van der Waals surface area contributed by atoms with Crippen molar-refractivity contribution in [3.05, 3.63) is 24.0 Å². The summed E-state index contributed by atoms with van der Waals surface area (Å²) in [7, 11) is 0. The number of carbonyl (C=O) groups excluding carboxylic acids is 1. The van der Waals surface area contributed by atoms with Gasteiger partial charge in [-0.05, 0) is 46.2 Å². The van der Waals surface area contributed by atoms with E-state index in [4.69, 9.17) is 4.74 Å². The second-order valence-electron chi connectivity index (χ2n) is 6.73. The number of nitrogens with zero attached hydrogens (tertiary/aromatic N) is 4. The van der Waals surface area contributed by atoms with E-state index in [0.29, 0.717) is 17.6 Å². The molecule has 122 valence electrons. The normalized spacial score (nSPS) is 17.0. The van der Waals surface area contributed by atoms with Gasteiger partial charge in [0.25, 0.3) is 0 Å². The largest absolute Gasteiger partial charge is 0.444 e. The molecule has 0 aliphatic carbocycles.